The molecule has 12 nitrogen and oxygen atoms in total. The first-order valence-electron chi connectivity index (χ1n) is 18.5. The van der Waals surface area contributed by atoms with Crippen LogP contribution in [0.1, 0.15) is 111 Å². The van der Waals surface area contributed by atoms with Gasteiger partial charge in [-0.3, -0.25) is 24.1 Å². The first-order valence-corrected chi connectivity index (χ1v) is 18.5. The minimum absolute atomic E-state index is 0. The van der Waals surface area contributed by atoms with Gasteiger partial charge >= 0.3 is 0 Å². The Labute approximate surface area is 330 Å². The number of hydrogen-bond donors (Lipinski definition) is 3. The van der Waals surface area contributed by atoms with Gasteiger partial charge in [0.1, 0.15) is 34.6 Å². The number of ether oxygens (including phenoxy) is 2. The van der Waals surface area contributed by atoms with E-state index in [0.29, 0.717) is 45.8 Å². The lowest BCUT2D eigenvalue weighted by Gasteiger charge is -2.21. The number of aromatic nitrogens is 2. The average Bonchev–Trinajstić information content (AvgIpc) is 3.64. The molecule has 3 N–H and O–H groups in total. The van der Waals surface area contributed by atoms with E-state index >= 15 is 0 Å². The van der Waals surface area contributed by atoms with E-state index in [-0.39, 0.29) is 56.0 Å². The summed E-state index contributed by atoms with van der Waals surface area (Å²) in [6, 6.07) is 3.61. The van der Waals surface area contributed by atoms with Gasteiger partial charge in [0.05, 0.1) is 12.8 Å². The first kappa shape index (κ1) is 43.0. The minimum atomic E-state index is -0.107. The average molecular weight is 765 g/mol. The van der Waals surface area contributed by atoms with Crippen LogP contribution >= 0.6 is 0 Å². The predicted octanol–water partition coefficient (Wildman–Crippen LogP) is 8.14. The van der Waals surface area contributed by atoms with Gasteiger partial charge in [-0.15, -0.1) is 0 Å². The molecule has 0 spiro atoms. The summed E-state index contributed by atoms with van der Waals surface area (Å²) in [5.41, 5.74) is 10.3. The number of nitrogens with one attached hydrogen (secondary N) is 3. The third-order valence-corrected chi connectivity index (χ3v) is 10.4. The Hall–Kier alpha value is -5.78. The van der Waals surface area contributed by atoms with Crippen LogP contribution in [0.2, 0.25) is 0 Å². The molecule has 0 radical (unpaired) electrons. The molecule has 2 aromatic carbocycles. The van der Waals surface area contributed by atoms with Crippen LogP contribution < -0.4 is 30.3 Å². The fourth-order valence-corrected chi connectivity index (χ4v) is 7.09. The number of nitrogens with zero attached hydrogens (tertiary/aromatic N) is 3. The second kappa shape index (κ2) is 16.9. The Bertz CT molecular complexity index is 2240. The summed E-state index contributed by atoms with van der Waals surface area (Å²) in [4.78, 5) is 59.4. The number of rotatable bonds is 8. The number of anilines is 2. The summed E-state index contributed by atoms with van der Waals surface area (Å²) in [6.45, 7) is 23.4. The topological polar surface area (TPSA) is 152 Å². The lowest BCUT2D eigenvalue weighted by molar-refractivity contribution is -0.117. The van der Waals surface area contributed by atoms with Gasteiger partial charge in [0.25, 0.3) is 11.8 Å². The normalized spacial score (nSPS) is 12.7. The molecule has 4 aromatic rings. The van der Waals surface area contributed by atoms with Gasteiger partial charge in [-0.05, 0) is 129 Å². The molecule has 0 aliphatic carbocycles. The van der Waals surface area contributed by atoms with Gasteiger partial charge in [-0.1, -0.05) is 7.43 Å². The maximum Gasteiger partial charge on any atom is 0.252 e. The van der Waals surface area contributed by atoms with Crippen molar-refractivity contribution in [3.05, 3.63) is 91.3 Å². The predicted molar refractivity (Wildman–Crippen MR) is 221 cm³/mol. The van der Waals surface area contributed by atoms with E-state index in [9.17, 15) is 19.2 Å². The Morgan fingerprint density at radius 2 is 1.11 bits per heavy atom. The van der Waals surface area contributed by atoms with E-state index in [1.165, 1.54) is 0 Å². The van der Waals surface area contributed by atoms with Crippen LogP contribution in [0, 0.1) is 55.4 Å². The van der Waals surface area contributed by atoms with E-state index in [2.05, 4.69) is 25.9 Å². The van der Waals surface area contributed by atoms with Crippen molar-refractivity contribution in [1.82, 2.24) is 20.6 Å². The number of likely N-dealkylation sites (N-methyl/N-ethyl adjacent to an activating group) is 1. The largest absolute Gasteiger partial charge is 0.456 e. The highest BCUT2D eigenvalue weighted by atomic mass is 16.5. The van der Waals surface area contributed by atoms with Crippen molar-refractivity contribution in [3.8, 4) is 23.0 Å². The number of pyridine rings is 2. The van der Waals surface area contributed by atoms with E-state index in [0.717, 1.165) is 55.6 Å². The first-order chi connectivity index (χ1) is 25.8. The molecule has 0 fully saturated rings. The Kier molecular flexibility index (Phi) is 13.0. The van der Waals surface area contributed by atoms with Crippen LogP contribution in [0.4, 0.5) is 11.6 Å². The third kappa shape index (κ3) is 8.24. The summed E-state index contributed by atoms with van der Waals surface area (Å²) in [6.07, 6.45) is 3.75. The second-order valence-electron chi connectivity index (χ2n) is 15.0. The quantitative estimate of drug-likeness (QED) is 0.163. The van der Waals surface area contributed by atoms with Crippen molar-refractivity contribution < 1.29 is 28.7 Å². The number of carbonyl (C=O) groups excluding carboxylic acids is 4. The molecule has 0 saturated heterocycles. The van der Waals surface area contributed by atoms with Crippen molar-refractivity contribution in [1.29, 1.82) is 0 Å². The van der Waals surface area contributed by atoms with E-state index in [4.69, 9.17) is 9.47 Å². The fraction of sp³-hybridized carbons (Fsp3) is 0.409. The molecule has 12 heteroatoms. The van der Waals surface area contributed by atoms with Gasteiger partial charge in [0, 0.05) is 64.9 Å². The lowest BCUT2D eigenvalue weighted by atomic mass is 9.92. The number of fused-ring (bicyclic) bond motifs is 2. The van der Waals surface area contributed by atoms with Crippen LogP contribution in [0.5, 0.6) is 23.0 Å². The molecule has 0 unspecified atom stereocenters. The summed E-state index contributed by atoms with van der Waals surface area (Å²) in [7, 11) is 1.71. The van der Waals surface area contributed by atoms with E-state index in [1.807, 2.05) is 83.1 Å². The molecule has 4 amide bonds. The summed E-state index contributed by atoms with van der Waals surface area (Å²) < 4.78 is 12.6. The molecule has 2 aliphatic heterocycles. The highest BCUT2D eigenvalue weighted by molar-refractivity contribution is 6.01. The number of benzene rings is 2. The maximum absolute atomic E-state index is 12.8. The third-order valence-electron chi connectivity index (χ3n) is 10.4. The zero-order chi connectivity index (χ0) is 40.6. The molecule has 0 bridgehead atoms. The molecule has 0 atom stereocenters. The van der Waals surface area contributed by atoms with Crippen molar-refractivity contribution in [3.63, 3.8) is 0 Å². The Morgan fingerprint density at radius 1 is 0.661 bits per heavy atom. The van der Waals surface area contributed by atoms with Gasteiger partial charge in [0.15, 0.2) is 0 Å². The minimum Gasteiger partial charge on any atom is -0.456 e. The fourth-order valence-electron chi connectivity index (χ4n) is 7.09. The summed E-state index contributed by atoms with van der Waals surface area (Å²) >= 11 is 0. The molecule has 0 saturated carbocycles. The monoisotopic (exact) mass is 764 g/mol. The van der Waals surface area contributed by atoms with Crippen LogP contribution in [0.15, 0.2) is 24.5 Å². The summed E-state index contributed by atoms with van der Waals surface area (Å²) in [5.74, 6) is 3.34. The van der Waals surface area contributed by atoms with E-state index < -0.39 is 0 Å². The standard InChI is InChI=1S/C22H27N3O3.C21H25N3O3.CH4/c1-11(2)24-22(27)19-13(4)12(3)14(5)20(15(19)6)28-17-8-9-23-21-16(17)10-18(26)25(21)7;1-10(2)23-21(26)18-12(4)11(3)13(5)19(14(18)6)27-16-7-8-22-20-15(16)9-17(25)24-20;/h8-9,11H,10H2,1-7H3,(H,24,27);7-8,10H,9H2,1-6H3,(H,23,26)(H,22,24,25);1H4. The molecule has 298 valence electrons. The molecule has 56 heavy (non-hydrogen) atoms. The Morgan fingerprint density at radius 3 is 1.57 bits per heavy atom. The van der Waals surface area contributed by atoms with Crippen LogP contribution in [-0.4, -0.2) is 52.7 Å². The van der Waals surface area contributed by atoms with Crippen molar-refractivity contribution in [2.75, 3.05) is 17.3 Å². The summed E-state index contributed by atoms with van der Waals surface area (Å²) in [5, 5.41) is 8.67. The van der Waals surface area contributed by atoms with Crippen LogP contribution in [0.25, 0.3) is 0 Å². The molecular formula is C44H56N6O6. The van der Waals surface area contributed by atoms with Gasteiger partial charge < -0.3 is 25.4 Å². The number of carbonyl (C=O) groups is 4. The number of hydrogen-bond acceptors (Lipinski definition) is 8. The van der Waals surface area contributed by atoms with Crippen LogP contribution in [-0.2, 0) is 22.4 Å². The smallest absolute Gasteiger partial charge is 0.252 e. The molecule has 6 rings (SSSR count). The van der Waals surface area contributed by atoms with Gasteiger partial charge in [0.2, 0.25) is 11.8 Å². The highest BCUT2D eigenvalue weighted by Crippen LogP contribution is 2.41. The van der Waals surface area contributed by atoms with Crippen molar-refractivity contribution in [2.24, 2.45) is 0 Å². The van der Waals surface area contributed by atoms with Crippen LogP contribution in [0.3, 0.4) is 0 Å². The van der Waals surface area contributed by atoms with Crippen molar-refractivity contribution in [2.45, 2.75) is 115 Å². The van der Waals surface area contributed by atoms with Crippen molar-refractivity contribution >= 4 is 35.3 Å². The maximum atomic E-state index is 12.8. The molecular weight excluding hydrogens is 709 g/mol. The SMILES string of the molecule is C.Cc1c(C)c(Oc2ccnc3c2CC(=O)N3)c(C)c(C(=O)NC(C)C)c1C.Cc1c(C)c(Oc2ccnc3c2CC(=O)N3C)c(C)c(C(=O)NC(C)C)c1C. The second-order valence-corrected chi connectivity index (χ2v) is 15.0. The zero-order valence-corrected chi connectivity index (χ0v) is 34.2. The molecule has 2 aromatic heterocycles. The Balaban J connectivity index is 0.000000244. The van der Waals surface area contributed by atoms with Gasteiger partial charge in [-0.2, -0.15) is 0 Å². The number of amides is 4. The molecule has 4 heterocycles. The zero-order valence-electron chi connectivity index (χ0n) is 34.2. The van der Waals surface area contributed by atoms with E-state index in [1.54, 1.807) is 36.5 Å². The molecule has 2 aliphatic rings. The highest BCUT2D eigenvalue weighted by Gasteiger charge is 2.30. The lowest BCUT2D eigenvalue weighted by Crippen LogP contribution is -2.31. The van der Waals surface area contributed by atoms with Gasteiger partial charge in [-0.25, -0.2) is 9.97 Å².